The normalized spacial score (nSPS) is 10.6. The minimum absolute atomic E-state index is 0.245. The molecule has 4 rings (SSSR count). The highest BCUT2D eigenvalue weighted by molar-refractivity contribution is 6.08. The number of carbonyl (C=O) groups is 1. The van der Waals surface area contributed by atoms with E-state index in [1.807, 2.05) is 30.3 Å². The van der Waals surface area contributed by atoms with Crippen LogP contribution in [0, 0.1) is 5.82 Å². The van der Waals surface area contributed by atoms with Gasteiger partial charge in [-0.3, -0.25) is 9.78 Å². The van der Waals surface area contributed by atoms with Gasteiger partial charge in [-0.1, -0.05) is 30.3 Å². The summed E-state index contributed by atoms with van der Waals surface area (Å²) in [5, 5.41) is 7.01. The number of halogens is 1. The zero-order valence-electron chi connectivity index (χ0n) is 14.9. The predicted molar refractivity (Wildman–Crippen MR) is 108 cm³/mol. The first kappa shape index (κ1) is 17.6. The lowest BCUT2D eigenvalue weighted by atomic mass is 10.1. The van der Waals surface area contributed by atoms with Crippen molar-refractivity contribution in [2.75, 3.05) is 10.6 Å². The first-order valence-corrected chi connectivity index (χ1v) is 8.78. The summed E-state index contributed by atoms with van der Waals surface area (Å²) in [5.41, 5.74) is 2.78. The molecule has 2 heterocycles. The summed E-state index contributed by atoms with van der Waals surface area (Å²) < 4.78 is 13.0. The molecule has 2 aromatic heterocycles. The SMILES string of the molecule is O=C(Nc1cccc2cccnc12)c1ccnc(NCc2ccc(F)cc2)c1. The number of carbonyl (C=O) groups excluding carboxylic acids is 1. The van der Waals surface area contributed by atoms with Crippen LogP contribution in [0.5, 0.6) is 0 Å². The number of benzene rings is 2. The van der Waals surface area contributed by atoms with Crippen molar-refractivity contribution in [3.8, 4) is 0 Å². The van der Waals surface area contributed by atoms with Crippen molar-refractivity contribution in [2.45, 2.75) is 6.54 Å². The number of amides is 1. The van der Waals surface area contributed by atoms with E-state index < -0.39 is 0 Å². The summed E-state index contributed by atoms with van der Waals surface area (Å²) in [4.78, 5) is 21.3. The molecule has 4 aromatic rings. The van der Waals surface area contributed by atoms with E-state index in [4.69, 9.17) is 0 Å². The highest BCUT2D eigenvalue weighted by Crippen LogP contribution is 2.21. The van der Waals surface area contributed by atoms with Gasteiger partial charge in [-0.15, -0.1) is 0 Å². The Bertz CT molecular complexity index is 1120. The molecule has 0 radical (unpaired) electrons. The van der Waals surface area contributed by atoms with Crippen LogP contribution in [0.2, 0.25) is 0 Å². The van der Waals surface area contributed by atoms with Gasteiger partial charge in [-0.25, -0.2) is 9.37 Å². The minimum Gasteiger partial charge on any atom is -0.366 e. The van der Waals surface area contributed by atoms with Gasteiger partial charge >= 0.3 is 0 Å². The number of hydrogen-bond donors (Lipinski definition) is 2. The topological polar surface area (TPSA) is 66.9 Å². The first-order valence-electron chi connectivity index (χ1n) is 8.78. The van der Waals surface area contributed by atoms with E-state index in [9.17, 15) is 9.18 Å². The Labute approximate surface area is 161 Å². The van der Waals surface area contributed by atoms with Crippen LogP contribution >= 0.6 is 0 Å². The molecule has 0 aliphatic carbocycles. The summed E-state index contributed by atoms with van der Waals surface area (Å²) in [6.07, 6.45) is 3.27. The van der Waals surface area contributed by atoms with Gasteiger partial charge in [0.15, 0.2) is 0 Å². The third kappa shape index (κ3) is 3.96. The van der Waals surface area contributed by atoms with Crippen LogP contribution in [0.3, 0.4) is 0 Å². The van der Waals surface area contributed by atoms with Crippen LogP contribution in [0.4, 0.5) is 15.9 Å². The molecule has 138 valence electrons. The van der Waals surface area contributed by atoms with Crippen molar-refractivity contribution in [1.82, 2.24) is 9.97 Å². The van der Waals surface area contributed by atoms with Crippen molar-refractivity contribution >= 4 is 28.3 Å². The van der Waals surface area contributed by atoms with Crippen molar-refractivity contribution in [3.05, 3.63) is 96.1 Å². The van der Waals surface area contributed by atoms with Gasteiger partial charge in [0.2, 0.25) is 0 Å². The van der Waals surface area contributed by atoms with Crippen molar-refractivity contribution in [3.63, 3.8) is 0 Å². The van der Waals surface area contributed by atoms with E-state index in [1.165, 1.54) is 12.1 Å². The third-order valence-corrected chi connectivity index (χ3v) is 4.29. The Morgan fingerprint density at radius 1 is 0.929 bits per heavy atom. The Balaban J connectivity index is 1.48. The maximum atomic E-state index is 13.0. The second-order valence-corrected chi connectivity index (χ2v) is 6.24. The molecule has 6 heteroatoms. The maximum Gasteiger partial charge on any atom is 0.255 e. The smallest absolute Gasteiger partial charge is 0.255 e. The summed E-state index contributed by atoms with van der Waals surface area (Å²) >= 11 is 0. The number of nitrogens with zero attached hydrogens (tertiary/aromatic N) is 2. The van der Waals surface area contributed by atoms with Crippen LogP contribution in [-0.2, 0) is 6.54 Å². The fourth-order valence-corrected chi connectivity index (χ4v) is 2.86. The number of para-hydroxylation sites is 1. The van der Waals surface area contributed by atoms with Gasteiger partial charge < -0.3 is 10.6 Å². The molecule has 0 saturated heterocycles. The molecule has 1 amide bonds. The molecule has 2 N–H and O–H groups in total. The quantitative estimate of drug-likeness (QED) is 0.536. The van der Waals surface area contributed by atoms with Crippen LogP contribution in [0.15, 0.2) is 79.1 Å². The molecule has 0 atom stereocenters. The molecule has 5 nitrogen and oxygen atoms in total. The van der Waals surface area contributed by atoms with Crippen molar-refractivity contribution < 1.29 is 9.18 Å². The van der Waals surface area contributed by atoms with E-state index in [0.29, 0.717) is 23.6 Å². The average molecular weight is 372 g/mol. The van der Waals surface area contributed by atoms with Gasteiger partial charge in [-0.05, 0) is 42.0 Å². The number of fused-ring (bicyclic) bond motifs is 1. The zero-order chi connectivity index (χ0) is 19.3. The highest BCUT2D eigenvalue weighted by Gasteiger charge is 2.10. The molecule has 28 heavy (non-hydrogen) atoms. The Morgan fingerprint density at radius 2 is 1.75 bits per heavy atom. The molecule has 0 fully saturated rings. The summed E-state index contributed by atoms with van der Waals surface area (Å²) in [6.45, 7) is 0.478. The van der Waals surface area contributed by atoms with Gasteiger partial charge in [0, 0.05) is 29.9 Å². The lowest BCUT2D eigenvalue weighted by Crippen LogP contribution is -2.13. The van der Waals surface area contributed by atoms with Crippen LogP contribution in [0.1, 0.15) is 15.9 Å². The van der Waals surface area contributed by atoms with Crippen LogP contribution in [-0.4, -0.2) is 15.9 Å². The molecule has 0 saturated carbocycles. The van der Waals surface area contributed by atoms with E-state index in [0.717, 1.165) is 16.5 Å². The molecule has 0 unspecified atom stereocenters. The van der Waals surface area contributed by atoms with Gasteiger partial charge in [0.05, 0.1) is 11.2 Å². The second-order valence-electron chi connectivity index (χ2n) is 6.24. The third-order valence-electron chi connectivity index (χ3n) is 4.29. The van der Waals surface area contributed by atoms with Crippen LogP contribution < -0.4 is 10.6 Å². The molecule has 0 bridgehead atoms. The number of hydrogen-bond acceptors (Lipinski definition) is 4. The number of aromatic nitrogens is 2. The number of pyridine rings is 2. The Hall–Kier alpha value is -3.80. The summed E-state index contributed by atoms with van der Waals surface area (Å²) in [5.74, 6) is 0.0434. The molecule has 2 aromatic carbocycles. The van der Waals surface area contributed by atoms with Crippen molar-refractivity contribution in [1.29, 1.82) is 0 Å². The minimum atomic E-state index is -0.275. The molecule has 0 aliphatic rings. The van der Waals surface area contributed by atoms with E-state index >= 15 is 0 Å². The molecule has 0 aliphatic heterocycles. The van der Waals surface area contributed by atoms with E-state index in [1.54, 1.807) is 36.7 Å². The monoisotopic (exact) mass is 372 g/mol. The Morgan fingerprint density at radius 3 is 2.61 bits per heavy atom. The average Bonchev–Trinajstić information content (AvgIpc) is 2.74. The number of rotatable bonds is 5. The fraction of sp³-hybridized carbons (Fsp3) is 0.0455. The lowest BCUT2D eigenvalue weighted by Gasteiger charge is -2.10. The van der Waals surface area contributed by atoms with Crippen LogP contribution in [0.25, 0.3) is 10.9 Å². The first-order chi connectivity index (χ1) is 13.7. The number of nitrogens with one attached hydrogen (secondary N) is 2. The van der Waals surface area contributed by atoms with Gasteiger partial charge in [0.25, 0.3) is 5.91 Å². The lowest BCUT2D eigenvalue weighted by molar-refractivity contribution is 0.102. The van der Waals surface area contributed by atoms with E-state index in [2.05, 4.69) is 20.6 Å². The van der Waals surface area contributed by atoms with Gasteiger partial charge in [-0.2, -0.15) is 0 Å². The van der Waals surface area contributed by atoms with E-state index in [-0.39, 0.29) is 11.7 Å². The molecular formula is C22H17FN4O. The molecule has 0 spiro atoms. The summed E-state index contributed by atoms with van der Waals surface area (Å²) in [6, 6.07) is 19.0. The Kier molecular flexibility index (Phi) is 4.93. The largest absolute Gasteiger partial charge is 0.366 e. The molecular weight excluding hydrogens is 355 g/mol. The second kappa shape index (κ2) is 7.84. The zero-order valence-corrected chi connectivity index (χ0v) is 14.9. The van der Waals surface area contributed by atoms with Crippen molar-refractivity contribution in [2.24, 2.45) is 0 Å². The van der Waals surface area contributed by atoms with Gasteiger partial charge in [0.1, 0.15) is 11.6 Å². The predicted octanol–water partition coefficient (Wildman–Crippen LogP) is 4.63. The standard InChI is InChI=1S/C22H17FN4O/c23-18-8-6-15(7-9-18)14-26-20-13-17(10-12-24-20)22(28)27-19-5-1-3-16-4-2-11-25-21(16)19/h1-13H,14H2,(H,24,26)(H,27,28). The highest BCUT2D eigenvalue weighted by atomic mass is 19.1. The maximum absolute atomic E-state index is 13.0. The number of anilines is 2. The summed E-state index contributed by atoms with van der Waals surface area (Å²) in [7, 11) is 0. The fourth-order valence-electron chi connectivity index (χ4n) is 2.86.